The van der Waals surface area contributed by atoms with Gasteiger partial charge in [-0.25, -0.2) is 4.79 Å². The molecule has 12 nitrogen and oxygen atoms in total. The highest BCUT2D eigenvalue weighted by Gasteiger charge is 2.29. The largest absolute Gasteiger partial charge is 0.480 e. The Morgan fingerprint density at radius 2 is 1.65 bits per heavy atom. The van der Waals surface area contributed by atoms with Crippen molar-refractivity contribution in [2.45, 2.75) is 70.5 Å². The molecule has 4 amide bonds. The predicted molar refractivity (Wildman–Crippen MR) is 113 cm³/mol. The van der Waals surface area contributed by atoms with E-state index < -0.39 is 54.3 Å². The highest BCUT2D eigenvalue weighted by atomic mass is 16.4. The highest BCUT2D eigenvalue weighted by molar-refractivity contribution is 5.92. The van der Waals surface area contributed by atoms with Gasteiger partial charge in [0.15, 0.2) is 0 Å². The number of hydrogen-bond acceptors (Lipinski definition) is 7. The third-order valence-electron chi connectivity index (χ3n) is 4.84. The highest BCUT2D eigenvalue weighted by Crippen LogP contribution is 2.10. The third kappa shape index (κ3) is 11.9. The second-order valence-electron chi connectivity index (χ2n) is 7.44. The minimum atomic E-state index is -1.17. The number of carbonyl (C=O) groups is 5. The van der Waals surface area contributed by atoms with Crippen molar-refractivity contribution in [1.29, 1.82) is 0 Å². The van der Waals surface area contributed by atoms with E-state index in [1.165, 1.54) is 0 Å². The van der Waals surface area contributed by atoms with Crippen LogP contribution < -0.4 is 33.2 Å². The molecule has 0 bridgehead atoms. The average molecular weight is 445 g/mol. The van der Waals surface area contributed by atoms with Gasteiger partial charge in [0.25, 0.3) is 0 Å². The Bertz CT molecular complexity index is 629. The summed E-state index contributed by atoms with van der Waals surface area (Å²) in [5.41, 5.74) is 16.0. The fourth-order valence-electron chi connectivity index (χ4n) is 2.67. The zero-order valence-electron chi connectivity index (χ0n) is 18.2. The minimum Gasteiger partial charge on any atom is -0.480 e. The van der Waals surface area contributed by atoms with Crippen molar-refractivity contribution in [2.24, 2.45) is 23.1 Å². The third-order valence-corrected chi connectivity index (χ3v) is 4.84. The van der Waals surface area contributed by atoms with E-state index in [1.54, 1.807) is 6.92 Å². The van der Waals surface area contributed by atoms with Crippen molar-refractivity contribution in [3.05, 3.63) is 0 Å². The van der Waals surface area contributed by atoms with Crippen molar-refractivity contribution < 1.29 is 29.1 Å². The van der Waals surface area contributed by atoms with Crippen LogP contribution >= 0.6 is 0 Å². The van der Waals surface area contributed by atoms with E-state index in [9.17, 15) is 29.1 Å². The lowest BCUT2D eigenvalue weighted by Gasteiger charge is -2.25. The van der Waals surface area contributed by atoms with Gasteiger partial charge in [0.2, 0.25) is 23.6 Å². The van der Waals surface area contributed by atoms with Crippen LogP contribution in [-0.2, 0) is 24.0 Å². The Hall–Kier alpha value is -2.73. The Kier molecular flexibility index (Phi) is 13.8. The van der Waals surface area contributed by atoms with Crippen LogP contribution in [0.5, 0.6) is 0 Å². The van der Waals surface area contributed by atoms with Gasteiger partial charge in [-0.15, -0.1) is 0 Å². The maximum atomic E-state index is 12.7. The van der Waals surface area contributed by atoms with E-state index in [4.69, 9.17) is 17.2 Å². The molecule has 0 aliphatic carbocycles. The number of nitrogens with two attached hydrogens (primary N) is 3. The van der Waals surface area contributed by atoms with E-state index in [-0.39, 0.29) is 25.2 Å². The maximum absolute atomic E-state index is 12.7. The number of hydrogen-bond donors (Lipinski definition) is 7. The second kappa shape index (κ2) is 15.1. The number of unbranched alkanes of at least 4 members (excludes halogenated alkanes) is 1. The van der Waals surface area contributed by atoms with Crippen molar-refractivity contribution in [2.75, 3.05) is 13.1 Å². The molecule has 10 N–H and O–H groups in total. The number of amides is 4. The van der Waals surface area contributed by atoms with Crippen LogP contribution in [0.15, 0.2) is 0 Å². The normalized spacial score (nSPS) is 14.6. The van der Waals surface area contributed by atoms with Crippen LogP contribution in [0.4, 0.5) is 0 Å². The Labute approximate surface area is 182 Å². The average Bonchev–Trinajstić information content (AvgIpc) is 2.72. The summed E-state index contributed by atoms with van der Waals surface area (Å²) in [6.45, 7) is 3.56. The molecular formula is C19H36N6O6. The molecule has 0 aromatic heterocycles. The van der Waals surface area contributed by atoms with E-state index in [2.05, 4.69) is 16.0 Å². The molecule has 0 heterocycles. The lowest BCUT2D eigenvalue weighted by atomic mass is 9.97. The monoisotopic (exact) mass is 444 g/mol. The standard InChI is InChI=1S/C19H36N6O6/c1-3-11(2)16(18(29)24-13(19(30)31)6-4-5-9-20)25-15(27)10-23-17(28)12(21)7-8-14(22)26/h11-13,16H,3-10,20-21H2,1-2H3,(H2,22,26)(H,23,28)(H,24,29)(H,25,27)(H,30,31). The summed E-state index contributed by atoms with van der Waals surface area (Å²) in [6.07, 6.45) is 1.92. The Morgan fingerprint density at radius 1 is 1.00 bits per heavy atom. The molecule has 31 heavy (non-hydrogen) atoms. The van der Waals surface area contributed by atoms with Crippen molar-refractivity contribution in [3.8, 4) is 0 Å². The van der Waals surface area contributed by atoms with Gasteiger partial charge in [0, 0.05) is 6.42 Å². The molecule has 0 aromatic rings. The first-order chi connectivity index (χ1) is 14.5. The topological polar surface area (TPSA) is 220 Å². The van der Waals surface area contributed by atoms with Crippen molar-refractivity contribution >= 4 is 29.6 Å². The van der Waals surface area contributed by atoms with E-state index >= 15 is 0 Å². The fourth-order valence-corrected chi connectivity index (χ4v) is 2.67. The van der Waals surface area contributed by atoms with Crippen molar-refractivity contribution in [1.82, 2.24) is 16.0 Å². The Balaban J connectivity index is 4.87. The maximum Gasteiger partial charge on any atom is 0.326 e. The molecule has 0 saturated heterocycles. The summed E-state index contributed by atoms with van der Waals surface area (Å²) in [4.78, 5) is 59.0. The number of aliphatic carboxylic acids is 1. The second-order valence-corrected chi connectivity index (χ2v) is 7.44. The molecule has 178 valence electrons. The Morgan fingerprint density at radius 3 is 2.16 bits per heavy atom. The lowest BCUT2D eigenvalue weighted by molar-refractivity contribution is -0.142. The summed E-state index contributed by atoms with van der Waals surface area (Å²) in [6, 6.07) is -3.07. The minimum absolute atomic E-state index is 0.0431. The molecule has 4 atom stereocenters. The van der Waals surface area contributed by atoms with Crippen LogP contribution in [0.3, 0.4) is 0 Å². The molecular weight excluding hydrogens is 408 g/mol. The fraction of sp³-hybridized carbons (Fsp3) is 0.737. The van der Waals surface area contributed by atoms with Gasteiger partial charge < -0.3 is 38.3 Å². The molecule has 0 saturated carbocycles. The van der Waals surface area contributed by atoms with Crippen LogP contribution in [0.25, 0.3) is 0 Å². The molecule has 0 fully saturated rings. The molecule has 12 heteroatoms. The number of primary amides is 1. The van der Waals surface area contributed by atoms with Gasteiger partial charge in [-0.3, -0.25) is 19.2 Å². The van der Waals surface area contributed by atoms with Crippen LogP contribution in [0, 0.1) is 5.92 Å². The zero-order chi connectivity index (χ0) is 24.0. The van der Waals surface area contributed by atoms with Gasteiger partial charge in [-0.05, 0) is 38.1 Å². The van der Waals surface area contributed by atoms with E-state index in [0.29, 0.717) is 25.8 Å². The molecule has 4 unspecified atom stereocenters. The summed E-state index contributed by atoms with van der Waals surface area (Å²) in [5.74, 6) is -3.93. The van der Waals surface area contributed by atoms with Gasteiger partial charge >= 0.3 is 5.97 Å². The first-order valence-corrected chi connectivity index (χ1v) is 10.4. The van der Waals surface area contributed by atoms with E-state index in [0.717, 1.165) is 0 Å². The zero-order valence-corrected chi connectivity index (χ0v) is 18.2. The molecule has 0 aliphatic rings. The van der Waals surface area contributed by atoms with Gasteiger partial charge in [0.05, 0.1) is 12.6 Å². The first kappa shape index (κ1) is 28.3. The smallest absolute Gasteiger partial charge is 0.326 e. The quantitative estimate of drug-likeness (QED) is 0.131. The lowest BCUT2D eigenvalue weighted by Crippen LogP contribution is -2.55. The SMILES string of the molecule is CCC(C)C(NC(=O)CNC(=O)C(N)CCC(N)=O)C(=O)NC(CCCCN)C(=O)O. The van der Waals surface area contributed by atoms with Gasteiger partial charge in [-0.2, -0.15) is 0 Å². The number of nitrogens with one attached hydrogen (secondary N) is 3. The van der Waals surface area contributed by atoms with Gasteiger partial charge in [0.1, 0.15) is 12.1 Å². The summed E-state index contributed by atoms with van der Waals surface area (Å²) in [7, 11) is 0. The number of carboxylic acids is 1. The molecule has 0 aromatic carbocycles. The molecule has 0 rings (SSSR count). The number of rotatable bonds is 16. The predicted octanol–water partition coefficient (Wildman–Crippen LogP) is -2.08. The molecule has 0 aliphatic heterocycles. The summed E-state index contributed by atoms with van der Waals surface area (Å²) < 4.78 is 0. The van der Waals surface area contributed by atoms with E-state index in [1.807, 2.05) is 6.92 Å². The van der Waals surface area contributed by atoms with Gasteiger partial charge in [-0.1, -0.05) is 20.3 Å². The molecule has 0 spiro atoms. The summed E-state index contributed by atoms with van der Waals surface area (Å²) in [5, 5.41) is 16.7. The van der Waals surface area contributed by atoms with Crippen LogP contribution in [0.2, 0.25) is 0 Å². The first-order valence-electron chi connectivity index (χ1n) is 10.4. The number of carboxylic acid groups (broad SMARTS) is 1. The molecule has 0 radical (unpaired) electrons. The van der Waals surface area contributed by atoms with Crippen molar-refractivity contribution in [3.63, 3.8) is 0 Å². The number of carbonyl (C=O) groups excluding carboxylic acids is 4. The van der Waals surface area contributed by atoms with Crippen LogP contribution in [0.1, 0.15) is 52.4 Å². The van der Waals surface area contributed by atoms with Crippen LogP contribution in [-0.4, -0.2) is 65.9 Å². The summed E-state index contributed by atoms with van der Waals surface area (Å²) >= 11 is 0.